The Labute approximate surface area is 267 Å². The summed E-state index contributed by atoms with van der Waals surface area (Å²) in [6, 6.07) is 0. The topological polar surface area (TPSA) is 83.8 Å². The largest absolute Gasteiger partial charge is 0.394 e. The molecule has 5 nitrogen and oxygen atoms in total. The molecule has 0 aliphatic heterocycles. The van der Waals surface area contributed by atoms with Crippen molar-refractivity contribution in [1.82, 2.24) is 0 Å². The highest BCUT2D eigenvalue weighted by Crippen LogP contribution is 2.12. The van der Waals surface area contributed by atoms with Gasteiger partial charge in [0.05, 0.1) is 13.2 Å². The normalized spacial score (nSPS) is 11.3. The molecule has 0 spiro atoms. The highest BCUT2D eigenvalue weighted by molar-refractivity contribution is 5.85. The minimum absolute atomic E-state index is 0.125. The second-order valence-corrected chi connectivity index (χ2v) is 12.0. The highest BCUT2D eigenvalue weighted by Gasteiger charge is 2.09. The zero-order valence-corrected chi connectivity index (χ0v) is 28.6. The predicted octanol–water partition coefficient (Wildman–Crippen LogP) is 11.1. The molecular weight excluding hydrogens is 536 g/mol. The minimum atomic E-state index is -0.342. The molecule has 0 saturated heterocycles. The van der Waals surface area contributed by atoms with Gasteiger partial charge in [-0.2, -0.15) is 0 Å². The number of ether oxygens (including phenoxy) is 1. The molecule has 254 valence electrons. The van der Waals surface area contributed by atoms with Crippen LogP contribution in [0.25, 0.3) is 0 Å². The molecule has 0 unspecified atom stereocenters. The van der Waals surface area contributed by atoms with Crippen molar-refractivity contribution in [3.8, 4) is 0 Å². The number of carbonyl (C=O) groups excluding carboxylic acids is 2. The molecule has 0 aliphatic carbocycles. The van der Waals surface area contributed by atoms with Crippen molar-refractivity contribution in [2.75, 3.05) is 13.2 Å². The SMILES string of the molecule is CCCCCCCCC=CCCCCCCCC(=O)OC(=O)CCCCCCC/C=C\CCCCCCCC.OCCO. The van der Waals surface area contributed by atoms with Crippen LogP contribution in [0.1, 0.15) is 194 Å². The van der Waals surface area contributed by atoms with E-state index in [1.165, 1.54) is 128 Å². The maximum absolute atomic E-state index is 11.9. The fourth-order valence-electron chi connectivity index (χ4n) is 4.91. The molecule has 0 rings (SSSR count). The van der Waals surface area contributed by atoms with Crippen LogP contribution in [-0.4, -0.2) is 35.4 Å². The first-order chi connectivity index (χ1) is 21.1. The Balaban J connectivity index is 0. The molecule has 0 aromatic heterocycles. The van der Waals surface area contributed by atoms with Crippen molar-refractivity contribution in [2.45, 2.75) is 194 Å². The highest BCUT2D eigenvalue weighted by atomic mass is 16.6. The van der Waals surface area contributed by atoms with Gasteiger partial charge in [0.25, 0.3) is 0 Å². The number of allylic oxidation sites excluding steroid dienone is 4. The van der Waals surface area contributed by atoms with Crippen molar-refractivity contribution in [3.05, 3.63) is 24.3 Å². The van der Waals surface area contributed by atoms with Crippen LogP contribution in [0.3, 0.4) is 0 Å². The van der Waals surface area contributed by atoms with E-state index < -0.39 is 0 Å². The molecule has 0 saturated carbocycles. The molecule has 0 amide bonds. The molecule has 0 aromatic carbocycles. The van der Waals surface area contributed by atoms with E-state index in [4.69, 9.17) is 14.9 Å². The first-order valence-corrected chi connectivity index (χ1v) is 18.4. The minimum Gasteiger partial charge on any atom is -0.394 e. The number of aliphatic hydroxyl groups excluding tert-OH is 2. The fourth-order valence-corrected chi connectivity index (χ4v) is 4.91. The van der Waals surface area contributed by atoms with Gasteiger partial charge in [-0.05, 0) is 64.2 Å². The summed E-state index contributed by atoms with van der Waals surface area (Å²) >= 11 is 0. The molecule has 0 heterocycles. The standard InChI is InChI=1S/C36H66O3.C2H6O2/c1-3-5-7-9-11-13-15-17-19-21-23-25-27-29-31-33-35(37)39-36(38)34-32-30-28-26-24-22-20-18-16-14-12-10-8-6-4-2;3-1-2-4/h17-20H,3-16,21-34H2,1-2H3;3-4H,1-2H2/b19-17-,20-18?;. The van der Waals surface area contributed by atoms with Gasteiger partial charge < -0.3 is 14.9 Å². The van der Waals surface area contributed by atoms with Crippen LogP contribution in [0, 0.1) is 0 Å². The summed E-state index contributed by atoms with van der Waals surface area (Å²) in [5, 5.41) is 15.2. The Morgan fingerprint density at radius 2 is 0.674 bits per heavy atom. The molecule has 2 N–H and O–H groups in total. The van der Waals surface area contributed by atoms with Crippen LogP contribution < -0.4 is 0 Å². The van der Waals surface area contributed by atoms with E-state index in [1.807, 2.05) is 0 Å². The van der Waals surface area contributed by atoms with Gasteiger partial charge in [-0.25, -0.2) is 0 Å². The zero-order chi connectivity index (χ0) is 31.9. The van der Waals surface area contributed by atoms with Gasteiger partial charge in [-0.1, -0.05) is 141 Å². The summed E-state index contributed by atoms with van der Waals surface area (Å²) in [6.07, 6.45) is 42.2. The van der Waals surface area contributed by atoms with E-state index in [9.17, 15) is 9.59 Å². The van der Waals surface area contributed by atoms with Gasteiger partial charge >= 0.3 is 11.9 Å². The number of esters is 2. The molecule has 0 radical (unpaired) electrons. The molecule has 0 atom stereocenters. The quantitative estimate of drug-likeness (QED) is 0.0354. The van der Waals surface area contributed by atoms with Gasteiger partial charge in [0.2, 0.25) is 0 Å². The zero-order valence-electron chi connectivity index (χ0n) is 28.6. The Bertz CT molecular complexity index is 561. The molecule has 43 heavy (non-hydrogen) atoms. The van der Waals surface area contributed by atoms with Crippen molar-refractivity contribution < 1.29 is 24.5 Å². The number of rotatable bonds is 31. The van der Waals surface area contributed by atoms with Crippen molar-refractivity contribution in [1.29, 1.82) is 0 Å². The molecular formula is C38H72O5. The molecule has 5 heteroatoms. The maximum Gasteiger partial charge on any atom is 0.313 e. The number of carbonyl (C=O) groups is 2. The predicted molar refractivity (Wildman–Crippen MR) is 184 cm³/mol. The first kappa shape index (κ1) is 43.7. The van der Waals surface area contributed by atoms with Crippen molar-refractivity contribution in [2.24, 2.45) is 0 Å². The summed E-state index contributed by atoms with van der Waals surface area (Å²) in [6.45, 7) is 4.28. The van der Waals surface area contributed by atoms with Gasteiger partial charge in [0.1, 0.15) is 0 Å². The molecule has 0 bridgehead atoms. The van der Waals surface area contributed by atoms with Gasteiger partial charge in [0, 0.05) is 12.8 Å². The Morgan fingerprint density at radius 3 is 0.953 bits per heavy atom. The van der Waals surface area contributed by atoms with E-state index in [-0.39, 0.29) is 25.2 Å². The lowest BCUT2D eigenvalue weighted by atomic mass is 10.1. The van der Waals surface area contributed by atoms with E-state index >= 15 is 0 Å². The van der Waals surface area contributed by atoms with E-state index in [2.05, 4.69) is 38.2 Å². The molecule has 0 aliphatic rings. The Morgan fingerprint density at radius 1 is 0.419 bits per heavy atom. The number of hydrogen-bond acceptors (Lipinski definition) is 5. The third-order valence-electron chi connectivity index (χ3n) is 7.61. The molecule has 0 aromatic rings. The van der Waals surface area contributed by atoms with Crippen molar-refractivity contribution in [3.63, 3.8) is 0 Å². The average molecular weight is 609 g/mol. The van der Waals surface area contributed by atoms with Crippen LogP contribution >= 0.6 is 0 Å². The van der Waals surface area contributed by atoms with Crippen LogP contribution in [-0.2, 0) is 14.3 Å². The lowest BCUT2D eigenvalue weighted by Crippen LogP contribution is -2.11. The first-order valence-electron chi connectivity index (χ1n) is 18.4. The van der Waals surface area contributed by atoms with Crippen LogP contribution in [0.2, 0.25) is 0 Å². The third-order valence-corrected chi connectivity index (χ3v) is 7.61. The lowest BCUT2D eigenvalue weighted by molar-refractivity contribution is -0.159. The van der Waals surface area contributed by atoms with Gasteiger partial charge in [0.15, 0.2) is 0 Å². The van der Waals surface area contributed by atoms with Crippen LogP contribution in [0.15, 0.2) is 24.3 Å². The fraction of sp³-hybridized carbons (Fsp3) is 0.842. The molecule has 0 fully saturated rings. The summed E-state index contributed by atoms with van der Waals surface area (Å²) in [7, 11) is 0. The van der Waals surface area contributed by atoms with E-state index in [0.717, 1.165) is 38.5 Å². The Kier molecular flexibility index (Phi) is 41.2. The van der Waals surface area contributed by atoms with Gasteiger partial charge in [-0.15, -0.1) is 0 Å². The summed E-state index contributed by atoms with van der Waals surface area (Å²) < 4.78 is 4.99. The average Bonchev–Trinajstić information content (AvgIpc) is 3.01. The third kappa shape index (κ3) is 42.7. The van der Waals surface area contributed by atoms with Crippen LogP contribution in [0.4, 0.5) is 0 Å². The smallest absolute Gasteiger partial charge is 0.313 e. The van der Waals surface area contributed by atoms with E-state index in [0.29, 0.717) is 12.8 Å². The number of unbranched alkanes of at least 4 members (excludes halogenated alkanes) is 22. The van der Waals surface area contributed by atoms with Crippen LogP contribution in [0.5, 0.6) is 0 Å². The van der Waals surface area contributed by atoms with Gasteiger partial charge in [-0.3, -0.25) is 9.59 Å². The van der Waals surface area contributed by atoms with Crippen molar-refractivity contribution >= 4 is 11.9 Å². The van der Waals surface area contributed by atoms with E-state index in [1.54, 1.807) is 0 Å². The second kappa shape index (κ2) is 40.5. The summed E-state index contributed by atoms with van der Waals surface area (Å²) in [4.78, 5) is 23.8. The number of hydrogen-bond donors (Lipinski definition) is 2. The summed E-state index contributed by atoms with van der Waals surface area (Å²) in [5.74, 6) is -0.684. The summed E-state index contributed by atoms with van der Waals surface area (Å²) in [5.41, 5.74) is 0. The second-order valence-electron chi connectivity index (χ2n) is 12.0. The Hall–Kier alpha value is -1.46. The lowest BCUT2D eigenvalue weighted by Gasteiger charge is -2.04. The number of aliphatic hydroxyl groups is 2. The maximum atomic E-state index is 11.9. The monoisotopic (exact) mass is 609 g/mol.